The lowest BCUT2D eigenvalue weighted by Crippen LogP contribution is -2.30. The number of rotatable bonds is 5. The summed E-state index contributed by atoms with van der Waals surface area (Å²) in [6.07, 6.45) is -1.21. The molecule has 0 saturated carbocycles. The molecule has 0 saturated heterocycles. The summed E-state index contributed by atoms with van der Waals surface area (Å²) in [5, 5.41) is 17.0. The SMILES string of the molecule is Cc1cc(NC(=O)C(C)OC(=O)c2cc(Cl)ccc2[N+](=O)[O-])no1. The van der Waals surface area contributed by atoms with Crippen molar-refractivity contribution in [1.29, 1.82) is 0 Å². The van der Waals surface area contributed by atoms with Crippen LogP contribution in [0.15, 0.2) is 28.8 Å². The van der Waals surface area contributed by atoms with E-state index in [2.05, 4.69) is 10.5 Å². The van der Waals surface area contributed by atoms with Gasteiger partial charge in [0, 0.05) is 17.2 Å². The molecular weight excluding hydrogens is 342 g/mol. The summed E-state index contributed by atoms with van der Waals surface area (Å²) in [5.41, 5.74) is -0.812. The summed E-state index contributed by atoms with van der Waals surface area (Å²) in [5.74, 6) is -1.05. The molecule has 0 fully saturated rings. The van der Waals surface area contributed by atoms with E-state index in [1.807, 2.05) is 0 Å². The van der Waals surface area contributed by atoms with Crippen LogP contribution in [0.25, 0.3) is 0 Å². The van der Waals surface area contributed by atoms with Crippen molar-refractivity contribution in [3.8, 4) is 0 Å². The number of nitrogens with one attached hydrogen (secondary N) is 1. The number of amides is 1. The summed E-state index contributed by atoms with van der Waals surface area (Å²) in [6.45, 7) is 2.96. The quantitative estimate of drug-likeness (QED) is 0.497. The first-order chi connectivity index (χ1) is 11.3. The van der Waals surface area contributed by atoms with E-state index in [1.165, 1.54) is 19.1 Å². The van der Waals surface area contributed by atoms with E-state index in [9.17, 15) is 19.7 Å². The summed E-state index contributed by atoms with van der Waals surface area (Å²) in [6, 6.07) is 4.95. The summed E-state index contributed by atoms with van der Waals surface area (Å²) < 4.78 is 9.74. The second-order valence-corrected chi connectivity index (χ2v) is 5.21. The Morgan fingerprint density at radius 3 is 2.71 bits per heavy atom. The molecule has 1 atom stereocenters. The van der Waals surface area contributed by atoms with Crippen LogP contribution in [-0.2, 0) is 9.53 Å². The second-order valence-electron chi connectivity index (χ2n) is 4.78. The third-order valence-electron chi connectivity index (χ3n) is 2.91. The lowest BCUT2D eigenvalue weighted by atomic mass is 10.2. The van der Waals surface area contributed by atoms with Crippen LogP contribution in [0, 0.1) is 17.0 Å². The Hall–Kier alpha value is -2.94. The van der Waals surface area contributed by atoms with Crippen LogP contribution < -0.4 is 5.32 Å². The molecule has 0 aliphatic rings. The molecule has 1 aromatic carbocycles. The van der Waals surface area contributed by atoms with Crippen molar-refractivity contribution in [2.24, 2.45) is 0 Å². The van der Waals surface area contributed by atoms with Crippen LogP contribution in [0.1, 0.15) is 23.0 Å². The molecular formula is C14H12ClN3O6. The van der Waals surface area contributed by atoms with E-state index in [0.717, 1.165) is 12.1 Å². The van der Waals surface area contributed by atoms with Gasteiger partial charge in [0.15, 0.2) is 11.9 Å². The Morgan fingerprint density at radius 1 is 1.42 bits per heavy atom. The molecule has 1 N–H and O–H groups in total. The van der Waals surface area contributed by atoms with Gasteiger partial charge in [0.2, 0.25) is 0 Å². The molecule has 1 aromatic heterocycles. The zero-order chi connectivity index (χ0) is 17.9. The van der Waals surface area contributed by atoms with E-state index >= 15 is 0 Å². The molecule has 24 heavy (non-hydrogen) atoms. The molecule has 1 unspecified atom stereocenters. The number of carbonyl (C=O) groups excluding carboxylic acids is 2. The molecule has 0 bridgehead atoms. The Balaban J connectivity index is 2.10. The van der Waals surface area contributed by atoms with Gasteiger partial charge in [0.25, 0.3) is 11.6 Å². The first kappa shape index (κ1) is 17.4. The van der Waals surface area contributed by atoms with Gasteiger partial charge in [-0.05, 0) is 26.0 Å². The molecule has 126 valence electrons. The largest absolute Gasteiger partial charge is 0.449 e. The normalized spacial score (nSPS) is 11.6. The molecule has 0 spiro atoms. The smallest absolute Gasteiger partial charge is 0.345 e. The van der Waals surface area contributed by atoms with Gasteiger partial charge in [-0.1, -0.05) is 16.8 Å². The molecule has 0 aliphatic carbocycles. The predicted octanol–water partition coefficient (Wildman–Crippen LogP) is 2.73. The molecule has 0 radical (unpaired) electrons. The number of esters is 1. The third-order valence-corrected chi connectivity index (χ3v) is 3.14. The number of nitrogens with zero attached hydrogens (tertiary/aromatic N) is 2. The minimum absolute atomic E-state index is 0.128. The maximum Gasteiger partial charge on any atom is 0.345 e. The van der Waals surface area contributed by atoms with Crippen LogP contribution >= 0.6 is 11.6 Å². The van der Waals surface area contributed by atoms with Gasteiger partial charge >= 0.3 is 5.97 Å². The number of nitro groups is 1. The number of benzene rings is 1. The lowest BCUT2D eigenvalue weighted by Gasteiger charge is -2.12. The van der Waals surface area contributed by atoms with Crippen molar-refractivity contribution in [3.05, 3.63) is 50.7 Å². The number of ether oxygens (including phenoxy) is 1. The topological polar surface area (TPSA) is 125 Å². The molecule has 2 aromatic rings. The first-order valence-corrected chi connectivity index (χ1v) is 7.05. The molecule has 0 aliphatic heterocycles. The predicted molar refractivity (Wildman–Crippen MR) is 82.9 cm³/mol. The molecule has 9 nitrogen and oxygen atoms in total. The number of carbonyl (C=O) groups is 2. The van der Waals surface area contributed by atoms with Crippen LogP contribution in [0.4, 0.5) is 11.5 Å². The zero-order valence-corrected chi connectivity index (χ0v) is 13.4. The Labute approximate surface area is 140 Å². The molecule has 10 heteroatoms. The maximum absolute atomic E-state index is 12.1. The Kier molecular flexibility index (Phi) is 5.14. The van der Waals surface area contributed by atoms with Gasteiger partial charge in [-0.3, -0.25) is 14.9 Å². The fourth-order valence-electron chi connectivity index (χ4n) is 1.76. The number of aryl methyl sites for hydroxylation is 1. The standard InChI is InChI=1S/C14H12ClN3O6/c1-7-5-12(17-24-7)16-13(19)8(2)23-14(20)10-6-9(15)3-4-11(10)18(21)22/h3-6,8H,1-2H3,(H,16,17,19). The molecule has 2 rings (SSSR count). The fourth-order valence-corrected chi connectivity index (χ4v) is 1.93. The van der Waals surface area contributed by atoms with Crippen molar-refractivity contribution in [2.75, 3.05) is 5.32 Å². The van der Waals surface area contributed by atoms with E-state index < -0.39 is 28.6 Å². The van der Waals surface area contributed by atoms with E-state index in [-0.39, 0.29) is 16.4 Å². The van der Waals surface area contributed by atoms with Crippen molar-refractivity contribution in [1.82, 2.24) is 5.16 Å². The van der Waals surface area contributed by atoms with Gasteiger partial charge in [-0.15, -0.1) is 0 Å². The second kappa shape index (κ2) is 7.09. The number of anilines is 1. The highest BCUT2D eigenvalue weighted by atomic mass is 35.5. The maximum atomic E-state index is 12.1. The van der Waals surface area contributed by atoms with Crippen LogP contribution in [0.2, 0.25) is 5.02 Å². The van der Waals surface area contributed by atoms with Crippen LogP contribution in [0.5, 0.6) is 0 Å². The van der Waals surface area contributed by atoms with Gasteiger partial charge < -0.3 is 14.6 Å². The average Bonchev–Trinajstić information content (AvgIpc) is 2.91. The highest BCUT2D eigenvalue weighted by Crippen LogP contribution is 2.24. The van der Waals surface area contributed by atoms with Crippen LogP contribution in [-0.4, -0.2) is 28.1 Å². The number of nitro benzene ring substituents is 1. The van der Waals surface area contributed by atoms with E-state index in [0.29, 0.717) is 5.76 Å². The van der Waals surface area contributed by atoms with Gasteiger partial charge in [-0.25, -0.2) is 4.79 Å². The van der Waals surface area contributed by atoms with E-state index in [4.69, 9.17) is 20.9 Å². The monoisotopic (exact) mass is 353 g/mol. The minimum atomic E-state index is -1.21. The van der Waals surface area contributed by atoms with Crippen molar-refractivity contribution < 1.29 is 23.8 Å². The van der Waals surface area contributed by atoms with Gasteiger partial charge in [0.1, 0.15) is 11.3 Å². The highest BCUT2D eigenvalue weighted by Gasteiger charge is 2.26. The highest BCUT2D eigenvalue weighted by molar-refractivity contribution is 6.31. The number of aromatic nitrogens is 1. The van der Waals surface area contributed by atoms with Gasteiger partial charge in [0.05, 0.1) is 4.92 Å². The zero-order valence-electron chi connectivity index (χ0n) is 12.6. The van der Waals surface area contributed by atoms with E-state index in [1.54, 1.807) is 6.92 Å². The average molecular weight is 354 g/mol. The third kappa shape index (κ3) is 4.07. The summed E-state index contributed by atoms with van der Waals surface area (Å²) >= 11 is 5.75. The van der Waals surface area contributed by atoms with Crippen LogP contribution in [0.3, 0.4) is 0 Å². The Morgan fingerprint density at radius 2 is 2.12 bits per heavy atom. The number of halogens is 1. The Bertz CT molecular complexity index is 804. The summed E-state index contributed by atoms with van der Waals surface area (Å²) in [7, 11) is 0. The molecule has 1 amide bonds. The molecule has 1 heterocycles. The minimum Gasteiger partial charge on any atom is -0.449 e. The van der Waals surface area contributed by atoms with Crippen molar-refractivity contribution in [3.63, 3.8) is 0 Å². The number of hydrogen-bond donors (Lipinski definition) is 1. The van der Waals surface area contributed by atoms with Crippen molar-refractivity contribution in [2.45, 2.75) is 20.0 Å². The number of hydrogen-bond acceptors (Lipinski definition) is 7. The summed E-state index contributed by atoms with van der Waals surface area (Å²) in [4.78, 5) is 34.3. The first-order valence-electron chi connectivity index (χ1n) is 6.67. The van der Waals surface area contributed by atoms with Crippen molar-refractivity contribution >= 4 is 35.0 Å². The van der Waals surface area contributed by atoms with Gasteiger partial charge in [-0.2, -0.15) is 0 Å². The fraction of sp³-hybridized carbons (Fsp3) is 0.214. The lowest BCUT2D eigenvalue weighted by molar-refractivity contribution is -0.385.